The minimum absolute atomic E-state index is 0.0118. The third-order valence-corrected chi connectivity index (χ3v) is 8.49. The van der Waals surface area contributed by atoms with Crippen LogP contribution in [0.3, 0.4) is 0 Å². The molecule has 5 rings (SSSR count). The first kappa shape index (κ1) is 19.8. The van der Waals surface area contributed by atoms with Crippen LogP contribution in [0.25, 0.3) is 5.69 Å². The third-order valence-electron chi connectivity index (χ3n) is 6.74. The number of rotatable bonds is 3. The molecule has 1 amide bonds. The van der Waals surface area contributed by atoms with Crippen LogP contribution in [0.4, 0.5) is 0 Å². The smallest absolute Gasteiger partial charge is 0.274 e. The molecule has 2 fully saturated rings. The summed E-state index contributed by atoms with van der Waals surface area (Å²) in [7, 11) is -2.89. The van der Waals surface area contributed by atoms with Crippen molar-refractivity contribution in [3.63, 3.8) is 0 Å². The number of amides is 1. The van der Waals surface area contributed by atoms with Gasteiger partial charge in [0, 0.05) is 43.5 Å². The van der Waals surface area contributed by atoms with Gasteiger partial charge in [-0.2, -0.15) is 5.10 Å². The lowest BCUT2D eigenvalue weighted by molar-refractivity contribution is 0.0581. The molecule has 2 aliphatic heterocycles. The molecule has 0 N–H and O–H groups in total. The molecule has 1 aromatic heterocycles. The quantitative estimate of drug-likeness (QED) is 0.743. The normalized spacial score (nSPS) is 23.6. The van der Waals surface area contributed by atoms with Gasteiger partial charge in [-0.1, -0.05) is 17.7 Å². The fourth-order valence-corrected chi connectivity index (χ4v) is 6.77. The van der Waals surface area contributed by atoms with Gasteiger partial charge >= 0.3 is 0 Å². The molecule has 2 aromatic rings. The summed E-state index contributed by atoms with van der Waals surface area (Å²) in [5, 5.41) is 4.75. The Labute approximate surface area is 177 Å². The maximum Gasteiger partial charge on any atom is 0.274 e. The number of aryl methyl sites for hydroxylation is 1. The van der Waals surface area contributed by atoms with Crippen molar-refractivity contribution in [2.45, 2.75) is 38.6 Å². The van der Waals surface area contributed by atoms with Crippen molar-refractivity contribution < 1.29 is 13.2 Å². The number of nitrogens with zero attached hydrogens (tertiary/aromatic N) is 4. The highest BCUT2D eigenvalue weighted by Gasteiger charge is 2.36. The van der Waals surface area contributed by atoms with E-state index >= 15 is 0 Å². The Balaban J connectivity index is 1.33. The van der Waals surface area contributed by atoms with E-state index in [4.69, 9.17) is 5.10 Å². The van der Waals surface area contributed by atoms with Crippen molar-refractivity contribution in [3.05, 3.63) is 46.8 Å². The summed E-state index contributed by atoms with van der Waals surface area (Å²) in [4.78, 5) is 17.5. The van der Waals surface area contributed by atoms with Crippen LogP contribution < -0.4 is 0 Å². The van der Waals surface area contributed by atoms with E-state index in [0.717, 1.165) is 49.3 Å². The molecule has 0 spiro atoms. The lowest BCUT2D eigenvalue weighted by atomic mass is 10.1. The molecule has 1 aromatic carbocycles. The van der Waals surface area contributed by atoms with Gasteiger partial charge in [0.1, 0.15) is 0 Å². The van der Waals surface area contributed by atoms with Crippen LogP contribution in [-0.4, -0.2) is 77.6 Å². The largest absolute Gasteiger partial charge is 0.335 e. The monoisotopic (exact) mass is 428 g/mol. The lowest BCUT2D eigenvalue weighted by Crippen LogP contribution is -2.52. The molecule has 2 saturated heterocycles. The highest BCUT2D eigenvalue weighted by Crippen LogP contribution is 2.29. The van der Waals surface area contributed by atoms with Crippen LogP contribution >= 0.6 is 0 Å². The van der Waals surface area contributed by atoms with Crippen molar-refractivity contribution in [1.29, 1.82) is 0 Å². The topological polar surface area (TPSA) is 75.5 Å². The van der Waals surface area contributed by atoms with Crippen LogP contribution in [0.5, 0.6) is 0 Å². The molecule has 7 nitrogen and oxygen atoms in total. The van der Waals surface area contributed by atoms with E-state index in [2.05, 4.69) is 36.1 Å². The summed E-state index contributed by atoms with van der Waals surface area (Å²) in [6.07, 6.45) is 3.63. The lowest BCUT2D eigenvalue weighted by Gasteiger charge is -2.37. The van der Waals surface area contributed by atoms with Gasteiger partial charge < -0.3 is 4.90 Å². The molecule has 0 saturated carbocycles. The van der Waals surface area contributed by atoms with Crippen molar-refractivity contribution >= 4 is 15.7 Å². The van der Waals surface area contributed by atoms with Crippen molar-refractivity contribution in [1.82, 2.24) is 19.6 Å². The van der Waals surface area contributed by atoms with Crippen LogP contribution in [0.15, 0.2) is 24.3 Å². The second-order valence-electron chi connectivity index (χ2n) is 8.76. The van der Waals surface area contributed by atoms with Gasteiger partial charge in [-0.25, -0.2) is 13.1 Å². The predicted molar refractivity (Wildman–Crippen MR) is 115 cm³/mol. The van der Waals surface area contributed by atoms with E-state index in [9.17, 15) is 13.2 Å². The Hall–Kier alpha value is -2.19. The third kappa shape index (κ3) is 3.56. The molecule has 30 heavy (non-hydrogen) atoms. The van der Waals surface area contributed by atoms with Crippen LogP contribution in [-0.2, 0) is 22.7 Å². The Bertz CT molecular complexity index is 1070. The highest BCUT2D eigenvalue weighted by atomic mass is 32.2. The second-order valence-corrected chi connectivity index (χ2v) is 11.0. The molecular formula is C22H28N4O3S. The summed E-state index contributed by atoms with van der Waals surface area (Å²) in [5.74, 6) is 0.562. The molecule has 3 aliphatic rings. The fourth-order valence-electron chi connectivity index (χ4n) is 5.01. The summed E-state index contributed by atoms with van der Waals surface area (Å²) < 4.78 is 25.5. The number of fused-ring (bicyclic) bond motifs is 1. The summed E-state index contributed by atoms with van der Waals surface area (Å²) in [6, 6.07) is 8.37. The van der Waals surface area contributed by atoms with Gasteiger partial charge in [0.15, 0.2) is 15.5 Å². The van der Waals surface area contributed by atoms with E-state index in [0.29, 0.717) is 31.0 Å². The molecule has 1 unspecified atom stereocenters. The summed E-state index contributed by atoms with van der Waals surface area (Å²) >= 11 is 0. The number of hydrogen-bond donors (Lipinski definition) is 0. The Morgan fingerprint density at radius 1 is 1.07 bits per heavy atom. The Morgan fingerprint density at radius 2 is 1.80 bits per heavy atom. The fraction of sp³-hybridized carbons (Fsp3) is 0.545. The van der Waals surface area contributed by atoms with E-state index in [1.54, 1.807) is 0 Å². The van der Waals surface area contributed by atoms with Gasteiger partial charge in [-0.15, -0.1) is 0 Å². The Morgan fingerprint density at radius 3 is 2.47 bits per heavy atom. The molecular weight excluding hydrogens is 400 g/mol. The summed E-state index contributed by atoms with van der Waals surface area (Å²) in [6.45, 7) is 4.77. The SMILES string of the molecule is Cc1ccc(-n2nc(C(=O)N3CCN(C4CCS(=O)(=O)C4)CC3)c3c2CCC3)cc1. The number of hydrogen-bond acceptors (Lipinski definition) is 5. The van der Waals surface area contributed by atoms with Crippen LogP contribution in [0, 0.1) is 6.92 Å². The maximum absolute atomic E-state index is 13.3. The number of aromatic nitrogens is 2. The Kier molecular flexibility index (Phi) is 4.94. The zero-order chi connectivity index (χ0) is 20.9. The minimum Gasteiger partial charge on any atom is -0.335 e. The van der Waals surface area contributed by atoms with Gasteiger partial charge in [0.05, 0.1) is 17.2 Å². The average molecular weight is 429 g/mol. The zero-order valence-corrected chi connectivity index (χ0v) is 18.2. The van der Waals surface area contributed by atoms with Gasteiger partial charge in [-0.05, 0) is 44.7 Å². The number of piperazine rings is 1. The number of benzene rings is 1. The molecule has 160 valence electrons. The van der Waals surface area contributed by atoms with E-state index in [1.165, 1.54) is 5.56 Å². The molecule has 3 heterocycles. The van der Waals surface area contributed by atoms with Gasteiger partial charge in [-0.3, -0.25) is 9.69 Å². The first-order chi connectivity index (χ1) is 14.4. The second kappa shape index (κ2) is 7.50. The van der Waals surface area contributed by atoms with E-state index in [-0.39, 0.29) is 17.7 Å². The highest BCUT2D eigenvalue weighted by molar-refractivity contribution is 7.91. The molecule has 0 bridgehead atoms. The first-order valence-electron chi connectivity index (χ1n) is 10.8. The molecule has 0 radical (unpaired) electrons. The molecule has 1 aliphatic carbocycles. The number of carbonyl (C=O) groups excluding carboxylic acids is 1. The zero-order valence-electron chi connectivity index (χ0n) is 17.4. The summed E-state index contributed by atoms with van der Waals surface area (Å²) in [5.41, 5.74) is 5.07. The average Bonchev–Trinajstić information content (AvgIpc) is 3.43. The van der Waals surface area contributed by atoms with Gasteiger partial charge in [0.25, 0.3) is 5.91 Å². The number of sulfone groups is 1. The van der Waals surface area contributed by atoms with Crippen molar-refractivity contribution in [2.75, 3.05) is 37.7 Å². The van der Waals surface area contributed by atoms with Crippen molar-refractivity contribution in [3.8, 4) is 5.69 Å². The van der Waals surface area contributed by atoms with E-state index in [1.807, 2.05) is 9.58 Å². The standard InChI is InChI=1S/C22H28N4O3S/c1-16-5-7-17(8-6-16)26-20-4-2-3-19(20)21(23-26)22(27)25-12-10-24(11-13-25)18-9-14-30(28,29)15-18/h5-8,18H,2-4,9-15H2,1H3. The van der Waals surface area contributed by atoms with Crippen LogP contribution in [0.2, 0.25) is 0 Å². The van der Waals surface area contributed by atoms with Crippen molar-refractivity contribution in [2.24, 2.45) is 0 Å². The number of carbonyl (C=O) groups is 1. The first-order valence-corrected chi connectivity index (χ1v) is 12.6. The predicted octanol–water partition coefficient (Wildman–Crippen LogP) is 1.61. The minimum atomic E-state index is -2.89. The van der Waals surface area contributed by atoms with Crippen LogP contribution in [0.1, 0.15) is 40.2 Å². The maximum atomic E-state index is 13.3. The van der Waals surface area contributed by atoms with E-state index < -0.39 is 9.84 Å². The molecule has 1 atom stereocenters. The molecule has 8 heteroatoms. The van der Waals surface area contributed by atoms with Gasteiger partial charge in [0.2, 0.25) is 0 Å².